The first-order valence-electron chi connectivity index (χ1n) is 10.2. The van der Waals surface area contributed by atoms with E-state index in [2.05, 4.69) is 9.97 Å². The van der Waals surface area contributed by atoms with Crippen LogP contribution >= 0.6 is 0 Å². The van der Waals surface area contributed by atoms with Gasteiger partial charge in [-0.25, -0.2) is 4.99 Å². The number of nitrogens with zero attached hydrogens (tertiary/aromatic N) is 3. The van der Waals surface area contributed by atoms with Crippen molar-refractivity contribution in [3.8, 4) is 5.75 Å². The average molecular weight is 420 g/mol. The maximum atomic E-state index is 13.1. The van der Waals surface area contributed by atoms with Gasteiger partial charge in [-0.3, -0.25) is 9.97 Å². The van der Waals surface area contributed by atoms with Gasteiger partial charge in [-0.05, 0) is 85.2 Å². The number of pyridine rings is 2. The number of hydrogen-bond acceptors (Lipinski definition) is 5. The van der Waals surface area contributed by atoms with Crippen molar-refractivity contribution in [2.45, 2.75) is 44.8 Å². The molecule has 1 aliphatic carbocycles. The highest BCUT2D eigenvalue weighted by atomic mass is 19.3. The van der Waals surface area contributed by atoms with Gasteiger partial charge in [0.2, 0.25) is 0 Å². The van der Waals surface area contributed by atoms with E-state index < -0.39 is 12.2 Å². The van der Waals surface area contributed by atoms with Gasteiger partial charge in [-0.1, -0.05) is 6.07 Å². The van der Waals surface area contributed by atoms with E-state index in [4.69, 9.17) is 15.5 Å². The summed E-state index contributed by atoms with van der Waals surface area (Å²) in [4.78, 5) is 13.7. The molecule has 0 amide bonds. The lowest BCUT2D eigenvalue weighted by Gasteiger charge is -2.30. The molecular formula is C24H22F2N4O. The zero-order valence-electron chi connectivity index (χ0n) is 17.3. The summed E-state index contributed by atoms with van der Waals surface area (Å²) >= 11 is 0. The van der Waals surface area contributed by atoms with Gasteiger partial charge in [-0.15, -0.1) is 0 Å². The summed E-state index contributed by atoms with van der Waals surface area (Å²) in [7, 11) is 0. The Hall–Kier alpha value is -3.35. The molecule has 5 rings (SSSR count). The molecule has 1 aliphatic heterocycles. The van der Waals surface area contributed by atoms with Crippen LogP contribution in [0.2, 0.25) is 0 Å². The third-order valence-electron chi connectivity index (χ3n) is 5.99. The van der Waals surface area contributed by atoms with Crippen molar-refractivity contribution in [2.24, 2.45) is 10.7 Å². The summed E-state index contributed by atoms with van der Waals surface area (Å²) < 4.78 is 31.2. The first-order chi connectivity index (χ1) is 14.9. The SMILES string of the molecule is Cc1cc(C2(c3cc(C)c(OC(F)F)c(C4CC4)c3)N=C(N)c3ncccc32)ccn1. The lowest BCUT2D eigenvalue weighted by molar-refractivity contribution is -0.0509. The van der Waals surface area contributed by atoms with E-state index in [0.717, 1.165) is 40.8 Å². The molecule has 2 aliphatic rings. The second kappa shape index (κ2) is 7.11. The van der Waals surface area contributed by atoms with Crippen LogP contribution in [0, 0.1) is 13.8 Å². The van der Waals surface area contributed by atoms with Crippen LogP contribution in [0.3, 0.4) is 0 Å². The van der Waals surface area contributed by atoms with Crippen LogP contribution in [0.15, 0.2) is 53.8 Å². The minimum Gasteiger partial charge on any atom is -0.434 e. The Kier molecular flexibility index (Phi) is 4.50. The Morgan fingerprint density at radius 3 is 2.58 bits per heavy atom. The monoisotopic (exact) mass is 420 g/mol. The van der Waals surface area contributed by atoms with E-state index in [9.17, 15) is 8.78 Å². The fourth-order valence-corrected chi connectivity index (χ4v) is 4.53. The highest BCUT2D eigenvalue weighted by Crippen LogP contribution is 2.51. The molecule has 1 unspecified atom stereocenters. The van der Waals surface area contributed by atoms with Crippen LogP contribution in [0.4, 0.5) is 8.78 Å². The summed E-state index contributed by atoms with van der Waals surface area (Å²) in [6.07, 6.45) is 5.34. The van der Waals surface area contributed by atoms with Gasteiger partial charge in [0.25, 0.3) is 0 Å². The molecule has 0 saturated heterocycles. The van der Waals surface area contributed by atoms with Gasteiger partial charge >= 0.3 is 6.61 Å². The molecule has 0 radical (unpaired) electrons. The van der Waals surface area contributed by atoms with Crippen LogP contribution in [-0.2, 0) is 5.54 Å². The lowest BCUT2D eigenvalue weighted by atomic mass is 9.77. The zero-order chi connectivity index (χ0) is 21.8. The fourth-order valence-electron chi connectivity index (χ4n) is 4.53. The summed E-state index contributed by atoms with van der Waals surface area (Å²) in [5.74, 6) is 0.826. The number of aromatic nitrogens is 2. The molecule has 158 valence electrons. The number of ether oxygens (including phenoxy) is 1. The number of amidine groups is 1. The molecule has 0 spiro atoms. The van der Waals surface area contributed by atoms with E-state index >= 15 is 0 Å². The fraction of sp³-hybridized carbons (Fsp3) is 0.292. The van der Waals surface area contributed by atoms with Gasteiger partial charge in [0.15, 0.2) is 0 Å². The first kappa shape index (κ1) is 19.6. The molecule has 3 heterocycles. The summed E-state index contributed by atoms with van der Waals surface area (Å²) in [5.41, 5.74) is 10.9. The van der Waals surface area contributed by atoms with E-state index in [-0.39, 0.29) is 11.7 Å². The van der Waals surface area contributed by atoms with E-state index in [1.165, 1.54) is 0 Å². The third kappa shape index (κ3) is 3.15. The first-order valence-corrected chi connectivity index (χ1v) is 10.2. The van der Waals surface area contributed by atoms with Crippen molar-refractivity contribution in [3.63, 3.8) is 0 Å². The van der Waals surface area contributed by atoms with Crippen molar-refractivity contribution >= 4 is 5.84 Å². The number of rotatable bonds is 5. The second-order valence-electron chi connectivity index (χ2n) is 8.16. The maximum Gasteiger partial charge on any atom is 0.387 e. The molecule has 0 bridgehead atoms. The third-order valence-corrected chi connectivity index (χ3v) is 5.99. The topological polar surface area (TPSA) is 73.4 Å². The minimum atomic E-state index is -2.87. The summed E-state index contributed by atoms with van der Waals surface area (Å²) in [6.45, 7) is 0.846. The standard InChI is InChI=1S/C24H22F2N4O/c1-13-10-17(12-18(15-5-6-15)21(13)31-23(25)26)24(16-7-9-28-14(2)11-16)19-4-3-8-29-20(19)22(27)30-24/h3-4,7-12,15,23H,5-6H2,1-2H3,(H2,27,30). The molecule has 7 heteroatoms. The van der Waals surface area contributed by atoms with E-state index in [1.54, 1.807) is 19.3 Å². The van der Waals surface area contributed by atoms with Crippen LogP contribution < -0.4 is 10.5 Å². The highest BCUT2D eigenvalue weighted by molar-refractivity contribution is 6.01. The number of alkyl halides is 2. The van der Waals surface area contributed by atoms with E-state index in [1.807, 2.05) is 43.3 Å². The van der Waals surface area contributed by atoms with Crippen LogP contribution in [0.1, 0.15) is 58.0 Å². The summed E-state index contributed by atoms with van der Waals surface area (Å²) in [5, 5.41) is 0. The Labute approximate surface area is 179 Å². The number of fused-ring (bicyclic) bond motifs is 1. The Morgan fingerprint density at radius 1 is 1.06 bits per heavy atom. The molecule has 1 aromatic carbocycles. The Morgan fingerprint density at radius 2 is 1.87 bits per heavy atom. The van der Waals surface area contributed by atoms with Gasteiger partial charge in [-0.2, -0.15) is 8.78 Å². The number of aliphatic imine (C=N–C) groups is 1. The second-order valence-corrected chi connectivity index (χ2v) is 8.16. The van der Waals surface area contributed by atoms with Gasteiger partial charge in [0.1, 0.15) is 22.8 Å². The molecule has 2 N–H and O–H groups in total. The minimum absolute atomic E-state index is 0.208. The highest BCUT2D eigenvalue weighted by Gasteiger charge is 2.45. The molecule has 3 aromatic rings. The number of aryl methyl sites for hydroxylation is 2. The van der Waals surface area contributed by atoms with Crippen molar-refractivity contribution in [2.75, 3.05) is 0 Å². The molecular weight excluding hydrogens is 398 g/mol. The number of benzene rings is 1. The molecule has 5 nitrogen and oxygen atoms in total. The zero-order valence-corrected chi connectivity index (χ0v) is 17.3. The summed E-state index contributed by atoms with van der Waals surface area (Å²) in [6, 6.07) is 11.6. The lowest BCUT2D eigenvalue weighted by Crippen LogP contribution is -2.26. The van der Waals surface area contributed by atoms with Crippen molar-refractivity contribution in [1.29, 1.82) is 0 Å². The molecule has 2 aromatic heterocycles. The quantitative estimate of drug-likeness (QED) is 0.656. The van der Waals surface area contributed by atoms with Crippen molar-refractivity contribution in [1.82, 2.24) is 9.97 Å². The number of halogens is 2. The largest absolute Gasteiger partial charge is 0.434 e. The van der Waals surface area contributed by atoms with Gasteiger partial charge in [0, 0.05) is 23.7 Å². The smallest absolute Gasteiger partial charge is 0.387 e. The Bertz CT molecular complexity index is 1210. The average Bonchev–Trinajstić information content (AvgIpc) is 3.54. The molecule has 1 fully saturated rings. The number of nitrogens with two attached hydrogens (primary N) is 1. The van der Waals surface area contributed by atoms with Crippen molar-refractivity contribution < 1.29 is 13.5 Å². The van der Waals surface area contributed by atoms with Crippen LogP contribution in [0.5, 0.6) is 5.75 Å². The Balaban J connectivity index is 1.81. The predicted molar refractivity (Wildman–Crippen MR) is 114 cm³/mol. The van der Waals surface area contributed by atoms with Gasteiger partial charge in [0.05, 0.1) is 0 Å². The van der Waals surface area contributed by atoms with Crippen LogP contribution in [0.25, 0.3) is 0 Å². The van der Waals surface area contributed by atoms with Crippen LogP contribution in [-0.4, -0.2) is 22.4 Å². The predicted octanol–water partition coefficient (Wildman–Crippen LogP) is 4.58. The molecule has 1 atom stereocenters. The number of hydrogen-bond donors (Lipinski definition) is 1. The molecule has 1 saturated carbocycles. The van der Waals surface area contributed by atoms with Crippen molar-refractivity contribution in [3.05, 3.63) is 88.0 Å². The normalized spacial score (nSPS) is 20.0. The maximum absolute atomic E-state index is 13.1. The van der Waals surface area contributed by atoms with E-state index in [0.29, 0.717) is 17.1 Å². The molecule has 31 heavy (non-hydrogen) atoms. The van der Waals surface area contributed by atoms with Gasteiger partial charge < -0.3 is 10.5 Å².